The maximum atomic E-state index is 11.4. The molecular formula is C13H12N2O. The van der Waals surface area contributed by atoms with E-state index in [9.17, 15) is 4.79 Å². The number of carbonyl (C=O) groups excluding carboxylic acids is 1. The Labute approximate surface area is 93.7 Å². The number of carbonyl (C=O) groups is 1. The molecule has 1 aromatic heterocycles. The number of benzene rings is 1. The molecule has 0 spiro atoms. The molecule has 0 atom stereocenters. The molecule has 0 saturated heterocycles. The largest absolute Gasteiger partial charge is 0.296 e. The predicted molar refractivity (Wildman–Crippen MR) is 63.5 cm³/mol. The zero-order valence-corrected chi connectivity index (χ0v) is 9.10. The summed E-state index contributed by atoms with van der Waals surface area (Å²) in [6.07, 6.45) is 0.909. The number of amides is 1. The molecule has 16 heavy (non-hydrogen) atoms. The second-order valence-electron chi connectivity index (χ2n) is 4.08. The molecule has 1 aliphatic rings. The van der Waals surface area contributed by atoms with E-state index in [0.29, 0.717) is 0 Å². The number of pyridine rings is 1. The van der Waals surface area contributed by atoms with Gasteiger partial charge in [0, 0.05) is 18.9 Å². The predicted octanol–water partition coefficient (Wildman–Crippen LogP) is 2.14. The third-order valence-corrected chi connectivity index (χ3v) is 3.02. The Morgan fingerprint density at radius 1 is 1.38 bits per heavy atom. The Morgan fingerprint density at radius 2 is 2.19 bits per heavy atom. The zero-order valence-electron chi connectivity index (χ0n) is 9.10. The minimum Gasteiger partial charge on any atom is -0.296 e. The van der Waals surface area contributed by atoms with Crippen molar-refractivity contribution in [3.05, 3.63) is 35.9 Å². The van der Waals surface area contributed by atoms with Gasteiger partial charge < -0.3 is 0 Å². The van der Waals surface area contributed by atoms with Crippen molar-refractivity contribution in [2.24, 2.45) is 0 Å². The van der Waals surface area contributed by atoms with Crippen molar-refractivity contribution < 1.29 is 4.79 Å². The van der Waals surface area contributed by atoms with Crippen molar-refractivity contribution in [1.82, 2.24) is 4.98 Å². The van der Waals surface area contributed by atoms with Crippen molar-refractivity contribution >= 4 is 22.6 Å². The van der Waals surface area contributed by atoms with Crippen LogP contribution in [0.3, 0.4) is 0 Å². The summed E-state index contributed by atoms with van der Waals surface area (Å²) in [4.78, 5) is 17.7. The molecule has 0 unspecified atom stereocenters. The summed E-state index contributed by atoms with van der Waals surface area (Å²) in [5, 5.41) is 1.15. The van der Waals surface area contributed by atoms with E-state index in [0.717, 1.165) is 29.7 Å². The van der Waals surface area contributed by atoms with Gasteiger partial charge in [-0.15, -0.1) is 0 Å². The van der Waals surface area contributed by atoms with Crippen LogP contribution in [0, 0.1) is 0 Å². The minimum absolute atomic E-state index is 0.0709. The van der Waals surface area contributed by atoms with Crippen LogP contribution >= 0.6 is 0 Å². The van der Waals surface area contributed by atoms with Crippen LogP contribution in [0.25, 0.3) is 10.9 Å². The van der Waals surface area contributed by atoms with Gasteiger partial charge in [-0.05, 0) is 24.1 Å². The van der Waals surface area contributed by atoms with Crippen molar-refractivity contribution in [2.45, 2.75) is 13.3 Å². The van der Waals surface area contributed by atoms with E-state index in [4.69, 9.17) is 0 Å². The highest BCUT2D eigenvalue weighted by Crippen LogP contribution is 2.29. The highest BCUT2D eigenvalue weighted by atomic mass is 16.2. The van der Waals surface area contributed by atoms with E-state index in [1.54, 1.807) is 11.8 Å². The maximum absolute atomic E-state index is 11.4. The SMILES string of the molecule is CC(=O)N1CCc2cc3ccccc3nc21. The topological polar surface area (TPSA) is 33.2 Å². The van der Waals surface area contributed by atoms with Crippen molar-refractivity contribution in [1.29, 1.82) is 0 Å². The van der Waals surface area contributed by atoms with Crippen LogP contribution in [-0.2, 0) is 11.2 Å². The van der Waals surface area contributed by atoms with Crippen LogP contribution in [0.5, 0.6) is 0 Å². The van der Waals surface area contributed by atoms with Crippen molar-refractivity contribution in [3.63, 3.8) is 0 Å². The molecule has 3 rings (SSSR count). The summed E-state index contributed by atoms with van der Waals surface area (Å²) in [5.41, 5.74) is 2.13. The highest BCUT2D eigenvalue weighted by Gasteiger charge is 2.23. The van der Waals surface area contributed by atoms with Gasteiger partial charge in [0.2, 0.25) is 5.91 Å². The van der Waals surface area contributed by atoms with Gasteiger partial charge in [0.05, 0.1) is 5.52 Å². The quantitative estimate of drug-likeness (QED) is 0.670. The van der Waals surface area contributed by atoms with Gasteiger partial charge in [0.1, 0.15) is 5.82 Å². The van der Waals surface area contributed by atoms with Gasteiger partial charge in [-0.25, -0.2) is 4.98 Å². The lowest BCUT2D eigenvalue weighted by Crippen LogP contribution is -2.26. The first kappa shape index (κ1) is 9.33. The smallest absolute Gasteiger partial charge is 0.225 e. The first-order valence-corrected chi connectivity index (χ1v) is 5.42. The second-order valence-corrected chi connectivity index (χ2v) is 4.08. The summed E-state index contributed by atoms with van der Waals surface area (Å²) in [6.45, 7) is 2.35. The lowest BCUT2D eigenvalue weighted by Gasteiger charge is -2.13. The number of aromatic nitrogens is 1. The van der Waals surface area contributed by atoms with Gasteiger partial charge in [0.25, 0.3) is 0 Å². The molecule has 2 heterocycles. The molecule has 2 aromatic rings. The summed E-state index contributed by atoms with van der Waals surface area (Å²) < 4.78 is 0. The number of hydrogen-bond acceptors (Lipinski definition) is 2. The molecule has 80 valence electrons. The fourth-order valence-corrected chi connectivity index (χ4v) is 2.21. The number of rotatable bonds is 0. The van der Waals surface area contributed by atoms with Crippen LogP contribution in [-0.4, -0.2) is 17.4 Å². The monoisotopic (exact) mass is 212 g/mol. The zero-order chi connectivity index (χ0) is 11.1. The summed E-state index contributed by atoms with van der Waals surface area (Å²) in [6, 6.07) is 10.1. The number of anilines is 1. The highest BCUT2D eigenvalue weighted by molar-refractivity contribution is 5.94. The Morgan fingerprint density at radius 3 is 3.00 bits per heavy atom. The first-order chi connectivity index (χ1) is 7.75. The van der Waals surface area contributed by atoms with Crippen LogP contribution in [0.15, 0.2) is 30.3 Å². The standard InChI is InChI=1S/C13H12N2O/c1-9(16)15-7-6-11-8-10-4-2-3-5-12(10)14-13(11)15/h2-5,8H,6-7H2,1H3. The molecule has 0 N–H and O–H groups in total. The number of hydrogen-bond donors (Lipinski definition) is 0. The molecule has 1 aliphatic heterocycles. The summed E-state index contributed by atoms with van der Waals surface area (Å²) >= 11 is 0. The Kier molecular flexibility index (Phi) is 1.93. The molecule has 0 bridgehead atoms. The van der Waals surface area contributed by atoms with Gasteiger partial charge in [-0.2, -0.15) is 0 Å². The Bertz CT molecular complexity index is 577. The third-order valence-electron chi connectivity index (χ3n) is 3.02. The molecule has 0 fully saturated rings. The van der Waals surface area contributed by atoms with Gasteiger partial charge >= 0.3 is 0 Å². The van der Waals surface area contributed by atoms with E-state index in [2.05, 4.69) is 17.1 Å². The van der Waals surface area contributed by atoms with Crippen molar-refractivity contribution in [3.8, 4) is 0 Å². The summed E-state index contributed by atoms with van der Waals surface area (Å²) in [5.74, 6) is 0.910. The third kappa shape index (κ3) is 1.28. The van der Waals surface area contributed by atoms with Crippen LogP contribution < -0.4 is 4.90 Å². The average Bonchev–Trinajstić information content (AvgIpc) is 2.68. The van der Waals surface area contributed by atoms with E-state index in [-0.39, 0.29) is 5.91 Å². The fourth-order valence-electron chi connectivity index (χ4n) is 2.21. The molecule has 0 saturated carbocycles. The first-order valence-electron chi connectivity index (χ1n) is 5.42. The number of nitrogens with zero attached hydrogens (tertiary/aromatic N) is 2. The maximum Gasteiger partial charge on any atom is 0.225 e. The Balaban J connectivity index is 2.23. The van der Waals surface area contributed by atoms with Crippen molar-refractivity contribution in [2.75, 3.05) is 11.4 Å². The molecule has 1 aromatic carbocycles. The lowest BCUT2D eigenvalue weighted by molar-refractivity contribution is -0.116. The fraction of sp³-hybridized carbons (Fsp3) is 0.231. The van der Waals surface area contributed by atoms with E-state index < -0.39 is 0 Å². The number of fused-ring (bicyclic) bond motifs is 2. The molecule has 0 radical (unpaired) electrons. The van der Waals surface area contributed by atoms with Crippen LogP contribution in [0.4, 0.5) is 5.82 Å². The molecule has 1 amide bonds. The molecule has 3 heteroatoms. The average molecular weight is 212 g/mol. The van der Waals surface area contributed by atoms with Gasteiger partial charge in [0.15, 0.2) is 0 Å². The second kappa shape index (κ2) is 3.30. The Hall–Kier alpha value is -1.90. The van der Waals surface area contributed by atoms with E-state index in [1.807, 2.05) is 18.2 Å². The number of para-hydroxylation sites is 1. The minimum atomic E-state index is 0.0709. The molecular weight excluding hydrogens is 200 g/mol. The lowest BCUT2D eigenvalue weighted by atomic mass is 10.1. The normalized spacial score (nSPS) is 14.2. The van der Waals surface area contributed by atoms with Crippen LogP contribution in [0.1, 0.15) is 12.5 Å². The molecule has 0 aliphatic carbocycles. The van der Waals surface area contributed by atoms with E-state index in [1.165, 1.54) is 5.56 Å². The molecule has 3 nitrogen and oxygen atoms in total. The summed E-state index contributed by atoms with van der Waals surface area (Å²) in [7, 11) is 0. The van der Waals surface area contributed by atoms with Gasteiger partial charge in [-0.3, -0.25) is 9.69 Å². The van der Waals surface area contributed by atoms with E-state index >= 15 is 0 Å². The van der Waals surface area contributed by atoms with Gasteiger partial charge in [-0.1, -0.05) is 18.2 Å². The van der Waals surface area contributed by atoms with Crippen LogP contribution in [0.2, 0.25) is 0 Å².